The maximum absolute atomic E-state index is 13.1. The summed E-state index contributed by atoms with van der Waals surface area (Å²) in [5.74, 6) is -4.49. The van der Waals surface area contributed by atoms with Gasteiger partial charge in [0.15, 0.2) is 18.2 Å². The van der Waals surface area contributed by atoms with Gasteiger partial charge in [-0.05, 0) is 25.5 Å². The number of halogens is 3. The fourth-order valence-electron chi connectivity index (χ4n) is 1.41. The van der Waals surface area contributed by atoms with E-state index in [1.807, 2.05) is 12.2 Å². The lowest BCUT2D eigenvalue weighted by molar-refractivity contribution is -0.123. The molecule has 126 valence electrons. The third-order valence-corrected chi connectivity index (χ3v) is 3.12. The first kappa shape index (κ1) is 18.8. The van der Waals surface area contributed by atoms with Crippen LogP contribution in [0.15, 0.2) is 12.1 Å². The molecule has 3 amide bonds. The molecule has 0 fully saturated rings. The summed E-state index contributed by atoms with van der Waals surface area (Å²) in [7, 11) is 0. The quantitative estimate of drug-likeness (QED) is 0.632. The van der Waals surface area contributed by atoms with Crippen LogP contribution in [0.5, 0.6) is 0 Å². The molecule has 23 heavy (non-hydrogen) atoms. The minimum absolute atomic E-state index is 0.133. The zero-order valence-corrected chi connectivity index (χ0v) is 13.2. The molecule has 1 atom stereocenters. The van der Waals surface area contributed by atoms with Crippen LogP contribution in [0.1, 0.15) is 30.6 Å². The summed E-state index contributed by atoms with van der Waals surface area (Å²) in [5, 5.41) is 4.08. The Kier molecular flexibility index (Phi) is 6.89. The molecule has 0 aliphatic carbocycles. The Balaban J connectivity index is 2.55. The van der Waals surface area contributed by atoms with Gasteiger partial charge in [0.25, 0.3) is 5.91 Å². The molecule has 1 aromatic carbocycles. The van der Waals surface area contributed by atoms with Crippen molar-refractivity contribution in [2.75, 3.05) is 6.61 Å². The highest BCUT2D eigenvalue weighted by molar-refractivity contribution is 6.33. The summed E-state index contributed by atoms with van der Waals surface area (Å²) < 4.78 is 30.6. The normalized spacial score (nSPS) is 11.5. The third-order valence-electron chi connectivity index (χ3n) is 2.81. The van der Waals surface area contributed by atoms with E-state index < -0.39 is 41.7 Å². The van der Waals surface area contributed by atoms with Crippen molar-refractivity contribution in [2.24, 2.45) is 0 Å². The van der Waals surface area contributed by atoms with E-state index in [2.05, 4.69) is 10.1 Å². The zero-order chi connectivity index (χ0) is 17.6. The molecule has 0 saturated carbocycles. The topological polar surface area (TPSA) is 84.5 Å². The SMILES string of the molecule is CC[C@@H](C)NC(=O)NC(=O)COC(=O)c1cc(F)c(F)cc1Cl. The van der Waals surface area contributed by atoms with Crippen molar-refractivity contribution in [2.45, 2.75) is 26.3 Å². The molecule has 0 heterocycles. The van der Waals surface area contributed by atoms with Crippen LogP contribution >= 0.6 is 11.6 Å². The minimum Gasteiger partial charge on any atom is -0.452 e. The molecule has 0 radical (unpaired) electrons. The molecule has 2 N–H and O–H groups in total. The Morgan fingerprint density at radius 1 is 1.26 bits per heavy atom. The van der Waals surface area contributed by atoms with Crippen molar-refractivity contribution in [3.05, 3.63) is 34.4 Å². The summed E-state index contributed by atoms with van der Waals surface area (Å²) in [6.07, 6.45) is 0.672. The van der Waals surface area contributed by atoms with E-state index in [4.69, 9.17) is 11.6 Å². The monoisotopic (exact) mass is 348 g/mol. The van der Waals surface area contributed by atoms with E-state index in [-0.39, 0.29) is 11.1 Å². The summed E-state index contributed by atoms with van der Waals surface area (Å²) >= 11 is 5.60. The van der Waals surface area contributed by atoms with Gasteiger partial charge >= 0.3 is 12.0 Å². The number of amides is 3. The van der Waals surface area contributed by atoms with Crippen molar-refractivity contribution in [3.8, 4) is 0 Å². The van der Waals surface area contributed by atoms with Crippen molar-refractivity contribution in [1.29, 1.82) is 0 Å². The van der Waals surface area contributed by atoms with Crippen LogP contribution in [0.4, 0.5) is 13.6 Å². The third kappa shape index (κ3) is 5.82. The highest BCUT2D eigenvalue weighted by Gasteiger charge is 2.18. The Labute approximate surface area is 136 Å². The van der Waals surface area contributed by atoms with Gasteiger partial charge in [0.2, 0.25) is 0 Å². The molecule has 0 aliphatic rings. The molecular formula is C14H15ClF2N2O4. The predicted molar refractivity (Wildman–Crippen MR) is 78.1 cm³/mol. The number of imide groups is 1. The van der Waals surface area contributed by atoms with Crippen molar-refractivity contribution in [3.63, 3.8) is 0 Å². The largest absolute Gasteiger partial charge is 0.452 e. The Morgan fingerprint density at radius 2 is 1.87 bits per heavy atom. The summed E-state index contributed by atoms with van der Waals surface area (Å²) in [4.78, 5) is 34.5. The van der Waals surface area contributed by atoms with Gasteiger partial charge in [-0.1, -0.05) is 18.5 Å². The number of carbonyl (C=O) groups excluding carboxylic acids is 3. The van der Waals surface area contributed by atoms with E-state index in [1.165, 1.54) is 0 Å². The molecule has 1 rings (SSSR count). The van der Waals surface area contributed by atoms with Crippen LogP contribution in [0.3, 0.4) is 0 Å². The molecule has 0 bridgehead atoms. The summed E-state index contributed by atoms with van der Waals surface area (Å²) in [6.45, 7) is 2.82. The predicted octanol–water partition coefficient (Wildman–Crippen LogP) is 2.40. The lowest BCUT2D eigenvalue weighted by Crippen LogP contribution is -2.44. The van der Waals surface area contributed by atoms with Crippen molar-refractivity contribution < 1.29 is 27.9 Å². The number of hydrogen-bond donors (Lipinski definition) is 2. The Hall–Kier alpha value is -2.22. The average Bonchev–Trinajstić information content (AvgIpc) is 2.48. The zero-order valence-electron chi connectivity index (χ0n) is 12.4. The summed E-state index contributed by atoms with van der Waals surface area (Å²) in [5.41, 5.74) is -0.428. The number of nitrogens with one attached hydrogen (secondary N) is 2. The van der Waals surface area contributed by atoms with Gasteiger partial charge in [0.1, 0.15) is 0 Å². The smallest absolute Gasteiger partial charge is 0.340 e. The molecule has 0 aromatic heterocycles. The van der Waals surface area contributed by atoms with Crippen LogP contribution in [0.25, 0.3) is 0 Å². The Bertz CT molecular complexity index is 625. The molecule has 9 heteroatoms. The van der Waals surface area contributed by atoms with Crippen LogP contribution in [0.2, 0.25) is 5.02 Å². The van der Waals surface area contributed by atoms with E-state index in [9.17, 15) is 23.2 Å². The second-order valence-corrected chi connectivity index (χ2v) is 5.06. The number of esters is 1. The van der Waals surface area contributed by atoms with Crippen LogP contribution < -0.4 is 10.6 Å². The van der Waals surface area contributed by atoms with Gasteiger partial charge in [-0.3, -0.25) is 10.1 Å². The maximum atomic E-state index is 13.1. The average molecular weight is 349 g/mol. The van der Waals surface area contributed by atoms with Gasteiger partial charge < -0.3 is 10.1 Å². The van der Waals surface area contributed by atoms with Crippen molar-refractivity contribution >= 4 is 29.5 Å². The first-order valence-electron chi connectivity index (χ1n) is 6.66. The molecule has 0 saturated heterocycles. The molecule has 0 aliphatic heterocycles. The van der Waals surface area contributed by atoms with E-state index >= 15 is 0 Å². The second kappa shape index (κ2) is 8.42. The number of urea groups is 1. The van der Waals surface area contributed by atoms with Crippen LogP contribution in [-0.4, -0.2) is 30.6 Å². The van der Waals surface area contributed by atoms with Gasteiger partial charge in [-0.25, -0.2) is 18.4 Å². The standard InChI is InChI=1S/C14H15ClF2N2O4/c1-3-7(2)18-14(22)19-12(20)6-23-13(21)8-4-10(16)11(17)5-9(8)15/h4-5,7H,3,6H2,1-2H3,(H2,18,19,20,22)/t7-/m1/s1. The first-order chi connectivity index (χ1) is 10.7. The number of ether oxygens (including phenoxy) is 1. The molecular weight excluding hydrogens is 334 g/mol. The Morgan fingerprint density at radius 3 is 2.48 bits per heavy atom. The van der Waals surface area contributed by atoms with Gasteiger partial charge in [-0.2, -0.15) is 0 Å². The fourth-order valence-corrected chi connectivity index (χ4v) is 1.64. The first-order valence-corrected chi connectivity index (χ1v) is 7.04. The van der Waals surface area contributed by atoms with E-state index in [0.29, 0.717) is 18.6 Å². The van der Waals surface area contributed by atoms with Gasteiger partial charge in [-0.15, -0.1) is 0 Å². The number of benzene rings is 1. The fraction of sp³-hybridized carbons (Fsp3) is 0.357. The van der Waals surface area contributed by atoms with E-state index in [1.54, 1.807) is 6.92 Å². The van der Waals surface area contributed by atoms with Crippen molar-refractivity contribution in [1.82, 2.24) is 10.6 Å². The van der Waals surface area contributed by atoms with Crippen LogP contribution in [0, 0.1) is 11.6 Å². The molecule has 0 spiro atoms. The lowest BCUT2D eigenvalue weighted by Gasteiger charge is -2.12. The molecule has 1 aromatic rings. The molecule has 6 nitrogen and oxygen atoms in total. The van der Waals surface area contributed by atoms with E-state index in [0.717, 1.165) is 0 Å². The number of carbonyl (C=O) groups is 3. The number of hydrogen-bond acceptors (Lipinski definition) is 4. The van der Waals surface area contributed by atoms with Gasteiger partial charge in [0.05, 0.1) is 10.6 Å². The van der Waals surface area contributed by atoms with Gasteiger partial charge in [0, 0.05) is 6.04 Å². The second-order valence-electron chi connectivity index (χ2n) is 4.65. The number of rotatable bonds is 5. The molecule has 0 unspecified atom stereocenters. The highest BCUT2D eigenvalue weighted by atomic mass is 35.5. The minimum atomic E-state index is -1.28. The van der Waals surface area contributed by atoms with Crippen LogP contribution in [-0.2, 0) is 9.53 Å². The highest BCUT2D eigenvalue weighted by Crippen LogP contribution is 2.20. The summed E-state index contributed by atoms with van der Waals surface area (Å²) in [6, 6.07) is 0.318. The lowest BCUT2D eigenvalue weighted by atomic mass is 10.2. The maximum Gasteiger partial charge on any atom is 0.340 e.